The van der Waals surface area contributed by atoms with Crippen molar-refractivity contribution in [3.05, 3.63) is 70.2 Å². The first-order chi connectivity index (χ1) is 9.69. The lowest BCUT2D eigenvalue weighted by atomic mass is 10.1. The fourth-order valence-corrected chi connectivity index (χ4v) is 2.19. The van der Waals surface area contributed by atoms with Crippen molar-refractivity contribution >= 4 is 21.8 Å². The maximum Gasteiger partial charge on any atom is 0.251 e. The molecule has 0 heterocycles. The van der Waals surface area contributed by atoms with E-state index < -0.39 is 0 Å². The van der Waals surface area contributed by atoms with E-state index >= 15 is 0 Å². The van der Waals surface area contributed by atoms with E-state index in [1.165, 1.54) is 0 Å². The number of carbonyl (C=O) groups is 1. The highest BCUT2D eigenvalue weighted by Gasteiger charge is 2.13. The lowest BCUT2D eigenvalue weighted by Gasteiger charge is -2.16. The second-order valence-corrected chi connectivity index (χ2v) is 5.47. The number of hydrogen-bond acceptors (Lipinski definition) is 2. The van der Waals surface area contributed by atoms with Crippen molar-refractivity contribution in [3.8, 4) is 0 Å². The van der Waals surface area contributed by atoms with Crippen LogP contribution in [0.2, 0.25) is 0 Å². The van der Waals surface area contributed by atoms with E-state index in [1.54, 1.807) is 12.1 Å². The summed E-state index contributed by atoms with van der Waals surface area (Å²) in [5.41, 5.74) is 1.67. The van der Waals surface area contributed by atoms with Crippen LogP contribution in [0.25, 0.3) is 0 Å². The van der Waals surface area contributed by atoms with Crippen LogP contribution < -0.4 is 5.32 Å². The molecule has 0 aliphatic heterocycles. The third-order valence-electron chi connectivity index (χ3n) is 2.99. The van der Waals surface area contributed by atoms with E-state index in [-0.39, 0.29) is 18.6 Å². The number of amides is 1. The first-order valence-corrected chi connectivity index (χ1v) is 7.19. The molecule has 4 heteroatoms. The van der Waals surface area contributed by atoms with Crippen molar-refractivity contribution < 1.29 is 9.90 Å². The number of hydrogen-bond donors (Lipinski definition) is 2. The second-order valence-electron chi connectivity index (χ2n) is 4.55. The van der Waals surface area contributed by atoms with Gasteiger partial charge in [-0.3, -0.25) is 4.79 Å². The number of carbonyl (C=O) groups excluding carboxylic acids is 1. The molecule has 0 fully saturated rings. The van der Waals surface area contributed by atoms with Crippen LogP contribution in [0.15, 0.2) is 59.1 Å². The van der Waals surface area contributed by atoms with Gasteiger partial charge in [0.25, 0.3) is 5.91 Å². The van der Waals surface area contributed by atoms with Crippen LogP contribution in [0, 0.1) is 0 Å². The quantitative estimate of drug-likeness (QED) is 0.883. The van der Waals surface area contributed by atoms with Gasteiger partial charge in [-0.1, -0.05) is 46.3 Å². The fraction of sp³-hybridized carbons (Fsp3) is 0.188. The second kappa shape index (κ2) is 7.22. The van der Waals surface area contributed by atoms with Gasteiger partial charge in [-0.05, 0) is 36.2 Å². The minimum atomic E-state index is -0.284. The topological polar surface area (TPSA) is 49.3 Å². The van der Waals surface area contributed by atoms with Crippen LogP contribution in [0.5, 0.6) is 0 Å². The molecule has 0 saturated carbocycles. The standard InChI is InChI=1S/C16H16BrNO2/c17-14-8-6-13(7-9-14)16(20)18-15(11-19)10-12-4-2-1-3-5-12/h1-9,15,19H,10-11H2,(H,18,20)/t15-/m0/s1. The third-order valence-corrected chi connectivity index (χ3v) is 3.52. The summed E-state index contributed by atoms with van der Waals surface area (Å²) in [6, 6.07) is 16.6. The summed E-state index contributed by atoms with van der Waals surface area (Å²) in [7, 11) is 0. The minimum Gasteiger partial charge on any atom is -0.394 e. The molecule has 1 amide bonds. The van der Waals surface area contributed by atoms with Crippen LogP contribution in [-0.2, 0) is 6.42 Å². The largest absolute Gasteiger partial charge is 0.394 e. The van der Waals surface area contributed by atoms with Gasteiger partial charge in [0.05, 0.1) is 12.6 Å². The van der Waals surface area contributed by atoms with E-state index in [9.17, 15) is 9.90 Å². The Hall–Kier alpha value is -1.65. The van der Waals surface area contributed by atoms with E-state index in [2.05, 4.69) is 21.2 Å². The van der Waals surface area contributed by atoms with Crippen molar-refractivity contribution in [2.24, 2.45) is 0 Å². The highest BCUT2D eigenvalue weighted by Crippen LogP contribution is 2.11. The molecule has 104 valence electrons. The molecule has 3 nitrogen and oxygen atoms in total. The van der Waals surface area contributed by atoms with Gasteiger partial charge in [-0.15, -0.1) is 0 Å². The smallest absolute Gasteiger partial charge is 0.251 e. The Bertz CT molecular complexity index is 554. The highest BCUT2D eigenvalue weighted by molar-refractivity contribution is 9.10. The Morgan fingerprint density at radius 3 is 2.35 bits per heavy atom. The van der Waals surface area contributed by atoms with Crippen molar-refractivity contribution in [1.82, 2.24) is 5.32 Å². The SMILES string of the molecule is O=C(N[C@H](CO)Cc1ccccc1)c1ccc(Br)cc1. The average molecular weight is 334 g/mol. The Kier molecular flexibility index (Phi) is 5.32. The minimum absolute atomic E-state index is 0.0861. The summed E-state index contributed by atoms with van der Waals surface area (Å²) < 4.78 is 0.928. The molecule has 0 unspecified atom stereocenters. The van der Waals surface area contributed by atoms with Crippen LogP contribution in [0.1, 0.15) is 15.9 Å². The van der Waals surface area contributed by atoms with Crippen LogP contribution in [-0.4, -0.2) is 23.7 Å². The van der Waals surface area contributed by atoms with Gasteiger partial charge in [0.15, 0.2) is 0 Å². The van der Waals surface area contributed by atoms with E-state index in [4.69, 9.17) is 0 Å². The van der Waals surface area contributed by atoms with Gasteiger partial charge in [0, 0.05) is 10.0 Å². The first kappa shape index (κ1) is 14.8. The molecular weight excluding hydrogens is 318 g/mol. The zero-order valence-electron chi connectivity index (χ0n) is 10.9. The maximum atomic E-state index is 12.1. The van der Waals surface area contributed by atoms with Crippen LogP contribution in [0.4, 0.5) is 0 Å². The zero-order chi connectivity index (χ0) is 14.4. The molecule has 0 saturated heterocycles. The third kappa shape index (κ3) is 4.18. The van der Waals surface area contributed by atoms with Crippen molar-refractivity contribution in [3.63, 3.8) is 0 Å². The number of nitrogens with one attached hydrogen (secondary N) is 1. The van der Waals surface area contributed by atoms with E-state index in [1.807, 2.05) is 42.5 Å². The summed E-state index contributed by atoms with van der Waals surface area (Å²) in [5.74, 6) is -0.174. The number of aliphatic hydroxyl groups excluding tert-OH is 1. The maximum absolute atomic E-state index is 12.1. The number of halogens is 1. The van der Waals surface area contributed by atoms with Crippen molar-refractivity contribution in [2.45, 2.75) is 12.5 Å². The molecule has 1 atom stereocenters. The summed E-state index contributed by atoms with van der Waals surface area (Å²) >= 11 is 3.33. The average Bonchev–Trinajstić information content (AvgIpc) is 2.48. The Balaban J connectivity index is 1.99. The molecule has 20 heavy (non-hydrogen) atoms. The molecule has 0 aromatic heterocycles. The summed E-state index contributed by atoms with van der Waals surface area (Å²) in [6.07, 6.45) is 0.611. The number of aliphatic hydroxyl groups is 1. The Morgan fingerprint density at radius 2 is 1.75 bits per heavy atom. The van der Waals surface area contributed by atoms with Crippen molar-refractivity contribution in [1.29, 1.82) is 0 Å². The molecule has 0 aliphatic rings. The molecule has 0 spiro atoms. The van der Waals surface area contributed by atoms with Gasteiger partial charge in [-0.2, -0.15) is 0 Å². The van der Waals surface area contributed by atoms with Gasteiger partial charge in [0.1, 0.15) is 0 Å². The van der Waals surface area contributed by atoms with E-state index in [0.717, 1.165) is 10.0 Å². The fourth-order valence-electron chi connectivity index (χ4n) is 1.93. The molecule has 0 bridgehead atoms. The zero-order valence-corrected chi connectivity index (χ0v) is 12.5. The van der Waals surface area contributed by atoms with Crippen LogP contribution in [0.3, 0.4) is 0 Å². The molecule has 2 aromatic rings. The molecule has 2 rings (SSSR count). The predicted molar refractivity (Wildman–Crippen MR) is 82.6 cm³/mol. The van der Waals surface area contributed by atoms with Crippen molar-refractivity contribution in [2.75, 3.05) is 6.61 Å². The first-order valence-electron chi connectivity index (χ1n) is 6.40. The monoisotopic (exact) mass is 333 g/mol. The Morgan fingerprint density at radius 1 is 1.10 bits per heavy atom. The normalized spacial score (nSPS) is 11.9. The van der Waals surface area contributed by atoms with Gasteiger partial charge in [-0.25, -0.2) is 0 Å². The molecule has 0 aliphatic carbocycles. The van der Waals surface area contributed by atoms with Gasteiger partial charge < -0.3 is 10.4 Å². The molecule has 2 N–H and O–H groups in total. The van der Waals surface area contributed by atoms with Gasteiger partial charge in [0.2, 0.25) is 0 Å². The highest BCUT2D eigenvalue weighted by atomic mass is 79.9. The summed E-state index contributed by atoms with van der Waals surface area (Å²) in [5, 5.41) is 12.3. The molecule has 0 radical (unpaired) electrons. The van der Waals surface area contributed by atoms with E-state index in [0.29, 0.717) is 12.0 Å². The number of benzene rings is 2. The van der Waals surface area contributed by atoms with Gasteiger partial charge >= 0.3 is 0 Å². The molecule has 2 aromatic carbocycles. The summed E-state index contributed by atoms with van der Waals surface area (Å²) in [4.78, 5) is 12.1. The Labute approximate surface area is 126 Å². The lowest BCUT2D eigenvalue weighted by molar-refractivity contribution is 0.0916. The number of rotatable bonds is 5. The van der Waals surface area contributed by atoms with Crippen LogP contribution >= 0.6 is 15.9 Å². The predicted octanol–water partition coefficient (Wildman–Crippen LogP) is 2.78. The summed E-state index contributed by atoms with van der Waals surface area (Å²) in [6.45, 7) is -0.0861. The molecular formula is C16H16BrNO2. The lowest BCUT2D eigenvalue weighted by Crippen LogP contribution is -2.39.